The average Bonchev–Trinajstić information content (AvgIpc) is 2.67. The monoisotopic (exact) mass is 228 g/mol. The lowest BCUT2D eigenvalue weighted by Gasteiger charge is -1.99. The lowest BCUT2D eigenvalue weighted by molar-refractivity contribution is -0.389. The molecule has 0 amide bonds. The Bertz CT molecular complexity index is 376. The topological polar surface area (TPSA) is 100 Å². The molecular formula is C8H12N4O4. The van der Waals surface area contributed by atoms with Gasteiger partial charge in [0.05, 0.1) is 18.3 Å². The maximum Gasteiger partial charge on any atom is 0.410 e. The van der Waals surface area contributed by atoms with Gasteiger partial charge in [-0.1, -0.05) is 4.80 Å². The fraction of sp³-hybridized carbons (Fsp3) is 0.625. The van der Waals surface area contributed by atoms with Gasteiger partial charge in [0.1, 0.15) is 0 Å². The van der Waals surface area contributed by atoms with Crippen LogP contribution in [0.4, 0.5) is 5.82 Å². The second kappa shape index (κ2) is 5.79. The Morgan fingerprint density at radius 1 is 1.69 bits per heavy atom. The highest BCUT2D eigenvalue weighted by atomic mass is 16.6. The molecule has 1 rings (SSSR count). The molecule has 0 aliphatic heterocycles. The maximum atomic E-state index is 11.0. The Morgan fingerprint density at radius 3 is 3.00 bits per heavy atom. The number of esters is 1. The van der Waals surface area contributed by atoms with Gasteiger partial charge in [-0.25, -0.2) is 0 Å². The van der Waals surface area contributed by atoms with Gasteiger partial charge in [0.15, 0.2) is 6.20 Å². The molecule has 0 aromatic carbocycles. The van der Waals surface area contributed by atoms with Crippen molar-refractivity contribution in [1.29, 1.82) is 0 Å². The number of hydrogen-bond donors (Lipinski definition) is 0. The smallest absolute Gasteiger partial charge is 0.410 e. The largest absolute Gasteiger partial charge is 0.466 e. The van der Waals surface area contributed by atoms with Crippen molar-refractivity contribution in [2.75, 3.05) is 6.61 Å². The first-order valence-electron chi connectivity index (χ1n) is 4.83. The molecule has 16 heavy (non-hydrogen) atoms. The number of aromatic nitrogens is 3. The van der Waals surface area contributed by atoms with Gasteiger partial charge in [-0.05, 0) is 18.3 Å². The van der Waals surface area contributed by atoms with E-state index in [2.05, 4.69) is 10.2 Å². The van der Waals surface area contributed by atoms with E-state index >= 15 is 0 Å². The van der Waals surface area contributed by atoms with Crippen molar-refractivity contribution in [3.8, 4) is 0 Å². The number of carbonyl (C=O) groups excluding carboxylic acids is 1. The van der Waals surface area contributed by atoms with Crippen LogP contribution in [0, 0.1) is 10.1 Å². The van der Waals surface area contributed by atoms with Gasteiger partial charge in [0, 0.05) is 6.42 Å². The fourth-order valence-electron chi connectivity index (χ4n) is 1.08. The number of carbonyl (C=O) groups is 1. The third-order valence-corrected chi connectivity index (χ3v) is 1.76. The van der Waals surface area contributed by atoms with Gasteiger partial charge < -0.3 is 14.9 Å². The summed E-state index contributed by atoms with van der Waals surface area (Å²) in [6.45, 7) is 2.44. The molecule has 0 fully saturated rings. The predicted molar refractivity (Wildman–Crippen MR) is 52.5 cm³/mol. The van der Waals surface area contributed by atoms with Gasteiger partial charge in [-0.3, -0.25) is 4.79 Å². The number of hydrogen-bond acceptors (Lipinski definition) is 6. The molecule has 0 radical (unpaired) electrons. The van der Waals surface area contributed by atoms with Crippen LogP contribution in [-0.2, 0) is 16.1 Å². The number of nitrogens with zero attached hydrogens (tertiary/aromatic N) is 4. The van der Waals surface area contributed by atoms with E-state index in [1.54, 1.807) is 6.92 Å². The van der Waals surface area contributed by atoms with Crippen LogP contribution in [-0.4, -0.2) is 32.5 Å². The number of rotatable bonds is 6. The summed E-state index contributed by atoms with van der Waals surface area (Å²) in [6, 6.07) is 0. The summed E-state index contributed by atoms with van der Waals surface area (Å²) in [6.07, 6.45) is 1.82. The average molecular weight is 228 g/mol. The van der Waals surface area contributed by atoms with Crippen molar-refractivity contribution < 1.29 is 14.5 Å². The van der Waals surface area contributed by atoms with Crippen molar-refractivity contribution in [2.45, 2.75) is 26.3 Å². The molecule has 0 saturated carbocycles. The lowest BCUT2D eigenvalue weighted by Crippen LogP contribution is -2.08. The Balaban J connectivity index is 2.32. The minimum absolute atomic E-state index is 0.253. The molecule has 88 valence electrons. The van der Waals surface area contributed by atoms with Gasteiger partial charge in [0.2, 0.25) is 0 Å². The van der Waals surface area contributed by atoms with Crippen LogP contribution in [0.2, 0.25) is 0 Å². The molecule has 0 saturated heterocycles. The summed E-state index contributed by atoms with van der Waals surface area (Å²) < 4.78 is 4.73. The van der Waals surface area contributed by atoms with Crippen LogP contribution in [0.1, 0.15) is 19.8 Å². The minimum Gasteiger partial charge on any atom is -0.466 e. The third kappa shape index (κ3) is 3.64. The molecule has 1 aromatic heterocycles. The molecular weight excluding hydrogens is 216 g/mol. The SMILES string of the molecule is CCOC(=O)CCCn1ncc([N+](=O)[O-])n1. The number of aryl methyl sites for hydroxylation is 1. The molecule has 0 bridgehead atoms. The first kappa shape index (κ1) is 12.1. The Kier molecular flexibility index (Phi) is 4.37. The molecule has 8 nitrogen and oxygen atoms in total. The van der Waals surface area contributed by atoms with Crippen molar-refractivity contribution in [3.05, 3.63) is 16.3 Å². The molecule has 0 N–H and O–H groups in total. The van der Waals surface area contributed by atoms with Crippen molar-refractivity contribution in [2.24, 2.45) is 0 Å². The molecule has 1 heterocycles. The van der Waals surface area contributed by atoms with Gasteiger partial charge in [-0.2, -0.15) is 0 Å². The molecule has 0 unspecified atom stereocenters. The Morgan fingerprint density at radius 2 is 2.44 bits per heavy atom. The zero-order valence-corrected chi connectivity index (χ0v) is 8.83. The van der Waals surface area contributed by atoms with Crippen LogP contribution in [0.3, 0.4) is 0 Å². The highest BCUT2D eigenvalue weighted by molar-refractivity contribution is 5.69. The molecule has 8 heteroatoms. The summed E-state index contributed by atoms with van der Waals surface area (Å²) in [5.41, 5.74) is 0. The first-order valence-corrected chi connectivity index (χ1v) is 4.83. The predicted octanol–water partition coefficient (Wildman–Crippen LogP) is 0.530. The third-order valence-electron chi connectivity index (χ3n) is 1.76. The first-order chi connectivity index (χ1) is 7.63. The second-order valence-electron chi connectivity index (χ2n) is 2.96. The summed E-state index contributed by atoms with van der Waals surface area (Å²) in [5.74, 6) is -0.583. The van der Waals surface area contributed by atoms with Crippen molar-refractivity contribution >= 4 is 11.8 Å². The van der Waals surface area contributed by atoms with E-state index in [0.717, 1.165) is 6.20 Å². The van der Waals surface area contributed by atoms with E-state index in [-0.39, 0.29) is 18.2 Å². The van der Waals surface area contributed by atoms with Gasteiger partial charge in [-0.15, -0.1) is 5.10 Å². The van der Waals surface area contributed by atoms with E-state index in [4.69, 9.17) is 4.74 Å². The second-order valence-corrected chi connectivity index (χ2v) is 2.96. The quantitative estimate of drug-likeness (QED) is 0.400. The van der Waals surface area contributed by atoms with Crippen LogP contribution in [0.5, 0.6) is 0 Å². The Labute approximate surface area is 91.3 Å². The van der Waals surface area contributed by atoms with Crippen LogP contribution >= 0.6 is 0 Å². The number of ether oxygens (including phenoxy) is 1. The van der Waals surface area contributed by atoms with E-state index in [1.807, 2.05) is 0 Å². The van der Waals surface area contributed by atoms with Gasteiger partial charge >= 0.3 is 11.8 Å². The van der Waals surface area contributed by atoms with Crippen molar-refractivity contribution in [3.63, 3.8) is 0 Å². The van der Waals surface area contributed by atoms with Gasteiger partial charge in [0.25, 0.3) is 0 Å². The normalized spacial score (nSPS) is 10.1. The standard InChI is InChI=1S/C8H12N4O4/c1-2-16-8(13)4-3-5-11-9-6-7(10-11)12(14)15/h6H,2-5H2,1H3. The minimum atomic E-state index is -0.616. The highest BCUT2D eigenvalue weighted by Gasteiger charge is 2.12. The Hall–Kier alpha value is -1.99. The summed E-state index contributed by atoms with van der Waals surface area (Å²) in [7, 11) is 0. The molecule has 1 aromatic rings. The summed E-state index contributed by atoms with van der Waals surface area (Å²) >= 11 is 0. The zero-order chi connectivity index (χ0) is 12.0. The summed E-state index contributed by atoms with van der Waals surface area (Å²) in [5, 5.41) is 17.6. The maximum absolute atomic E-state index is 11.0. The fourth-order valence-corrected chi connectivity index (χ4v) is 1.08. The van der Waals surface area contributed by atoms with E-state index in [1.165, 1.54) is 4.80 Å². The summed E-state index contributed by atoms with van der Waals surface area (Å²) in [4.78, 5) is 21.8. The van der Waals surface area contributed by atoms with E-state index in [9.17, 15) is 14.9 Å². The van der Waals surface area contributed by atoms with Crippen LogP contribution in [0.25, 0.3) is 0 Å². The lowest BCUT2D eigenvalue weighted by atomic mass is 10.3. The highest BCUT2D eigenvalue weighted by Crippen LogP contribution is 2.03. The van der Waals surface area contributed by atoms with E-state index < -0.39 is 4.92 Å². The molecule has 0 aliphatic rings. The van der Waals surface area contributed by atoms with Crippen LogP contribution < -0.4 is 0 Å². The molecule has 0 atom stereocenters. The van der Waals surface area contributed by atoms with Crippen LogP contribution in [0.15, 0.2) is 6.20 Å². The molecule has 0 spiro atoms. The van der Waals surface area contributed by atoms with Crippen molar-refractivity contribution in [1.82, 2.24) is 15.0 Å². The zero-order valence-electron chi connectivity index (χ0n) is 8.83. The molecule has 0 aliphatic carbocycles. The number of nitro groups is 1. The van der Waals surface area contributed by atoms with E-state index in [0.29, 0.717) is 19.6 Å².